The van der Waals surface area contributed by atoms with Crippen molar-refractivity contribution in [2.24, 2.45) is 0 Å². The van der Waals surface area contributed by atoms with Gasteiger partial charge in [-0.2, -0.15) is 5.10 Å². The Balaban J connectivity index is 0.000000371. The first-order chi connectivity index (χ1) is 16.9. The number of hydrogen-bond acceptors (Lipinski definition) is 6. The van der Waals surface area contributed by atoms with Crippen LogP contribution in [-0.2, 0) is 9.59 Å². The number of benzene rings is 2. The first kappa shape index (κ1) is 25.1. The molecule has 2 N–H and O–H groups in total. The number of fused-ring (bicyclic) bond motifs is 1. The number of hydrogen-bond donors (Lipinski definition) is 2. The molecule has 0 aliphatic rings. The topological polar surface area (TPSA) is 118 Å². The van der Waals surface area contributed by atoms with Crippen molar-refractivity contribution in [1.82, 2.24) is 19.7 Å². The van der Waals surface area contributed by atoms with Gasteiger partial charge in [-0.25, -0.2) is 19.3 Å². The van der Waals surface area contributed by atoms with Crippen molar-refractivity contribution in [3.8, 4) is 22.7 Å². The molecule has 0 unspecified atom stereocenters. The lowest BCUT2D eigenvalue weighted by Crippen LogP contribution is -2.19. The second kappa shape index (κ2) is 12.1. The van der Waals surface area contributed by atoms with Crippen molar-refractivity contribution in [1.29, 1.82) is 0 Å². The highest BCUT2D eigenvalue weighted by atomic mass is 16.5. The second-order valence-electron chi connectivity index (χ2n) is 7.63. The maximum absolute atomic E-state index is 9.55. The fourth-order valence-corrected chi connectivity index (χ4v) is 3.16. The van der Waals surface area contributed by atoms with Gasteiger partial charge >= 0.3 is 11.9 Å². The van der Waals surface area contributed by atoms with Crippen LogP contribution in [0, 0.1) is 0 Å². The van der Waals surface area contributed by atoms with E-state index in [-0.39, 0.29) is 0 Å². The third-order valence-corrected chi connectivity index (χ3v) is 4.75. The summed E-state index contributed by atoms with van der Waals surface area (Å²) in [5.41, 5.74) is 3.70. The highest BCUT2D eigenvalue weighted by molar-refractivity contribution is 5.92. The minimum absolute atomic E-state index is 0.558. The van der Waals surface area contributed by atoms with Gasteiger partial charge in [-0.1, -0.05) is 42.5 Å². The number of aromatic nitrogens is 3. The molecule has 9 nitrogen and oxygen atoms in total. The molecule has 0 aliphatic carbocycles. The Morgan fingerprint density at radius 3 is 2.26 bits per heavy atom. The van der Waals surface area contributed by atoms with Crippen molar-refractivity contribution in [3.05, 3.63) is 85.1 Å². The molecule has 0 saturated heterocycles. The molecule has 0 atom stereocenters. The van der Waals surface area contributed by atoms with Gasteiger partial charge in [-0.3, -0.25) is 0 Å². The van der Waals surface area contributed by atoms with Gasteiger partial charge in [-0.05, 0) is 38.4 Å². The van der Waals surface area contributed by atoms with E-state index in [1.807, 2.05) is 67.3 Å². The highest BCUT2D eigenvalue weighted by Crippen LogP contribution is 2.31. The SMILES string of the molecule is CN(C)CCOc1ccccc1-n1nc(-c2ccccc2)c2cccnc21.O=C(O)C=CC(=O)O. The Morgan fingerprint density at radius 2 is 1.60 bits per heavy atom. The molecule has 0 aliphatic heterocycles. The third-order valence-electron chi connectivity index (χ3n) is 4.75. The molecule has 0 saturated carbocycles. The normalized spacial score (nSPS) is 10.8. The summed E-state index contributed by atoms with van der Waals surface area (Å²) in [6, 6.07) is 22.2. The number of carbonyl (C=O) groups is 2. The first-order valence-electron chi connectivity index (χ1n) is 10.8. The van der Waals surface area contributed by atoms with E-state index in [9.17, 15) is 9.59 Å². The first-order valence-corrected chi connectivity index (χ1v) is 10.8. The molecule has 0 bridgehead atoms. The maximum Gasteiger partial charge on any atom is 0.328 e. The van der Waals surface area contributed by atoms with Gasteiger partial charge in [0.15, 0.2) is 5.65 Å². The molecule has 4 rings (SSSR count). The molecule has 0 spiro atoms. The number of ether oxygens (including phenoxy) is 1. The smallest absolute Gasteiger partial charge is 0.328 e. The van der Waals surface area contributed by atoms with Crippen molar-refractivity contribution in [2.75, 3.05) is 27.2 Å². The average molecular weight is 475 g/mol. The standard InChI is InChI=1S/C22H22N4O.C4H4O4/c1-25(2)15-16-27-20-13-7-6-12-19(20)26-22-18(11-8-14-23-22)21(24-26)17-9-4-3-5-10-17;5-3(6)1-2-4(7)8/h3-14H,15-16H2,1-2H3;1-2H,(H,5,6)(H,7,8). The Hall–Kier alpha value is -4.50. The van der Waals surface area contributed by atoms with Crippen LogP contribution in [0.15, 0.2) is 85.1 Å². The predicted molar refractivity (Wildman–Crippen MR) is 133 cm³/mol. The number of para-hydroxylation sites is 2. The van der Waals surface area contributed by atoms with Crippen LogP contribution < -0.4 is 4.74 Å². The van der Waals surface area contributed by atoms with E-state index in [2.05, 4.69) is 28.1 Å². The molecule has 2 heterocycles. The zero-order chi connectivity index (χ0) is 25.2. The van der Waals surface area contributed by atoms with Crippen LogP contribution in [0.1, 0.15) is 0 Å². The largest absolute Gasteiger partial charge is 0.490 e. The predicted octanol–water partition coefficient (Wildman–Crippen LogP) is 3.74. The van der Waals surface area contributed by atoms with Gasteiger partial charge in [0.25, 0.3) is 0 Å². The zero-order valence-electron chi connectivity index (χ0n) is 19.4. The molecular formula is C26H26N4O5. The van der Waals surface area contributed by atoms with Crippen LogP contribution in [0.25, 0.3) is 28.0 Å². The van der Waals surface area contributed by atoms with Gasteiger partial charge in [-0.15, -0.1) is 0 Å². The molecular weight excluding hydrogens is 448 g/mol. The minimum Gasteiger partial charge on any atom is -0.490 e. The van der Waals surface area contributed by atoms with E-state index in [0.29, 0.717) is 18.8 Å². The van der Waals surface area contributed by atoms with Crippen LogP contribution in [0.3, 0.4) is 0 Å². The van der Waals surface area contributed by atoms with Gasteiger partial charge < -0.3 is 19.8 Å². The summed E-state index contributed by atoms with van der Waals surface area (Å²) in [6.45, 7) is 1.46. The summed E-state index contributed by atoms with van der Waals surface area (Å²) in [5, 5.41) is 21.5. The fourth-order valence-electron chi connectivity index (χ4n) is 3.16. The summed E-state index contributed by atoms with van der Waals surface area (Å²) in [7, 11) is 4.07. The molecule has 0 fully saturated rings. The highest BCUT2D eigenvalue weighted by Gasteiger charge is 2.16. The summed E-state index contributed by atoms with van der Waals surface area (Å²) < 4.78 is 7.91. The molecule has 2 aromatic heterocycles. The molecule has 35 heavy (non-hydrogen) atoms. The molecule has 0 amide bonds. The number of pyridine rings is 1. The summed E-state index contributed by atoms with van der Waals surface area (Å²) in [5.74, 6) is -1.71. The van der Waals surface area contributed by atoms with E-state index in [0.717, 1.165) is 40.3 Å². The molecule has 9 heteroatoms. The van der Waals surface area contributed by atoms with Crippen molar-refractivity contribution in [3.63, 3.8) is 0 Å². The van der Waals surface area contributed by atoms with Crippen molar-refractivity contribution >= 4 is 23.0 Å². The Bertz CT molecular complexity index is 1300. The van der Waals surface area contributed by atoms with Gasteiger partial charge in [0.1, 0.15) is 23.7 Å². The fraction of sp³-hybridized carbons (Fsp3) is 0.154. The average Bonchev–Trinajstić information content (AvgIpc) is 3.23. The Morgan fingerprint density at radius 1 is 0.943 bits per heavy atom. The molecule has 0 radical (unpaired) electrons. The van der Waals surface area contributed by atoms with Crippen LogP contribution in [0.5, 0.6) is 5.75 Å². The molecule has 2 aromatic carbocycles. The molecule has 4 aromatic rings. The zero-order valence-corrected chi connectivity index (χ0v) is 19.4. The molecule has 180 valence electrons. The van der Waals surface area contributed by atoms with Gasteiger partial charge in [0.2, 0.25) is 0 Å². The number of carboxylic acid groups (broad SMARTS) is 2. The minimum atomic E-state index is -1.26. The van der Waals surface area contributed by atoms with Crippen molar-refractivity contribution in [2.45, 2.75) is 0 Å². The van der Waals surface area contributed by atoms with Crippen LogP contribution >= 0.6 is 0 Å². The van der Waals surface area contributed by atoms with Crippen LogP contribution in [-0.4, -0.2) is 69.1 Å². The monoisotopic (exact) mass is 474 g/mol. The van der Waals surface area contributed by atoms with Crippen LogP contribution in [0.4, 0.5) is 0 Å². The van der Waals surface area contributed by atoms with E-state index < -0.39 is 11.9 Å². The maximum atomic E-state index is 9.55. The van der Waals surface area contributed by atoms with E-state index in [1.54, 1.807) is 6.20 Å². The van der Waals surface area contributed by atoms with E-state index in [1.165, 1.54) is 0 Å². The van der Waals surface area contributed by atoms with Gasteiger partial charge in [0, 0.05) is 35.8 Å². The Kier molecular flexibility index (Phi) is 8.69. The lowest BCUT2D eigenvalue weighted by atomic mass is 10.1. The summed E-state index contributed by atoms with van der Waals surface area (Å²) in [6.07, 6.45) is 2.91. The summed E-state index contributed by atoms with van der Waals surface area (Å²) >= 11 is 0. The van der Waals surface area contributed by atoms with Crippen molar-refractivity contribution < 1.29 is 24.5 Å². The third kappa shape index (κ3) is 6.99. The number of carboxylic acids is 2. The second-order valence-corrected chi connectivity index (χ2v) is 7.63. The Labute approximate surface area is 202 Å². The lowest BCUT2D eigenvalue weighted by molar-refractivity contribution is -0.134. The number of nitrogens with zero attached hydrogens (tertiary/aromatic N) is 4. The van der Waals surface area contributed by atoms with E-state index in [4.69, 9.17) is 20.0 Å². The number of aliphatic carboxylic acids is 2. The number of likely N-dealkylation sites (N-methyl/N-ethyl adjacent to an activating group) is 1. The summed E-state index contributed by atoms with van der Waals surface area (Å²) in [4.78, 5) is 25.8. The van der Waals surface area contributed by atoms with E-state index >= 15 is 0 Å². The lowest BCUT2D eigenvalue weighted by Gasteiger charge is -2.14. The quantitative estimate of drug-likeness (QED) is 0.371. The number of rotatable bonds is 8. The van der Waals surface area contributed by atoms with Crippen LogP contribution in [0.2, 0.25) is 0 Å². The van der Waals surface area contributed by atoms with Gasteiger partial charge in [0.05, 0.1) is 0 Å².